The van der Waals surface area contributed by atoms with E-state index in [2.05, 4.69) is 6.58 Å². The van der Waals surface area contributed by atoms with E-state index >= 15 is 0 Å². The van der Waals surface area contributed by atoms with Crippen molar-refractivity contribution in [1.29, 1.82) is 0 Å². The minimum Gasteiger partial charge on any atom is -0.460 e. The predicted octanol–water partition coefficient (Wildman–Crippen LogP) is 3.05. The molecule has 0 heterocycles. The fourth-order valence-electron chi connectivity index (χ4n) is 2.10. The summed E-state index contributed by atoms with van der Waals surface area (Å²) in [5, 5.41) is 9.80. The van der Waals surface area contributed by atoms with Crippen molar-refractivity contribution in [1.82, 2.24) is 0 Å². The molecule has 0 spiro atoms. The molecular weight excluding hydrogens is 388 g/mol. The van der Waals surface area contributed by atoms with Crippen molar-refractivity contribution in [3.05, 3.63) is 71.8 Å². The maximum absolute atomic E-state index is 12.0. The number of aliphatic hydroxyl groups is 1. The van der Waals surface area contributed by atoms with E-state index in [1.165, 1.54) is 25.1 Å². The van der Waals surface area contributed by atoms with Gasteiger partial charge in [-0.15, -0.1) is 0 Å². The van der Waals surface area contributed by atoms with Gasteiger partial charge in [-0.1, -0.05) is 36.9 Å². The number of ether oxygens (including phenoxy) is 3. The van der Waals surface area contributed by atoms with Gasteiger partial charge in [0, 0.05) is 11.1 Å². The molecule has 7 heteroatoms. The summed E-state index contributed by atoms with van der Waals surface area (Å²) in [5.74, 6) is -1.28. The van der Waals surface area contributed by atoms with Gasteiger partial charge in [-0.25, -0.2) is 9.59 Å². The van der Waals surface area contributed by atoms with Crippen LogP contribution in [-0.4, -0.2) is 55.4 Å². The Hall–Kier alpha value is -3.03. The highest BCUT2D eigenvalue weighted by molar-refractivity contribution is 6.05. The molecule has 0 saturated carbocycles. The number of aliphatic hydroxyl groups excluding tert-OH is 1. The Bertz CT molecular complexity index is 775. The quantitative estimate of drug-likeness (QED) is 0.173. The summed E-state index contributed by atoms with van der Waals surface area (Å²) in [5.41, 5.74) is 1.02. The Morgan fingerprint density at radius 3 is 2.33 bits per heavy atom. The molecule has 0 radical (unpaired) electrons. The molecule has 1 aromatic rings. The average molecular weight is 416 g/mol. The van der Waals surface area contributed by atoms with Crippen LogP contribution in [0.3, 0.4) is 0 Å². The number of esters is 2. The molecule has 0 saturated heterocycles. The Kier molecular flexibility index (Phi) is 11.7. The predicted molar refractivity (Wildman–Crippen MR) is 112 cm³/mol. The molecule has 162 valence electrons. The van der Waals surface area contributed by atoms with Gasteiger partial charge < -0.3 is 19.3 Å². The van der Waals surface area contributed by atoms with Crippen molar-refractivity contribution in [3.8, 4) is 0 Å². The molecule has 0 aliphatic carbocycles. The van der Waals surface area contributed by atoms with E-state index in [4.69, 9.17) is 14.2 Å². The van der Waals surface area contributed by atoms with Gasteiger partial charge in [-0.05, 0) is 38.5 Å². The molecule has 0 aliphatic rings. The number of allylic oxidation sites excluding steroid dienone is 4. The van der Waals surface area contributed by atoms with Crippen LogP contribution in [0.5, 0.6) is 0 Å². The van der Waals surface area contributed by atoms with Crippen LogP contribution in [0.25, 0.3) is 0 Å². The zero-order valence-corrected chi connectivity index (χ0v) is 17.3. The molecule has 0 aliphatic heterocycles. The fraction of sp³-hybridized carbons (Fsp3) is 0.348. The molecule has 1 N–H and O–H groups in total. The third-order valence-electron chi connectivity index (χ3n) is 3.71. The van der Waals surface area contributed by atoms with Crippen molar-refractivity contribution >= 4 is 17.7 Å². The third-order valence-corrected chi connectivity index (χ3v) is 3.71. The van der Waals surface area contributed by atoms with E-state index in [9.17, 15) is 19.5 Å². The second-order valence-corrected chi connectivity index (χ2v) is 6.39. The van der Waals surface area contributed by atoms with Gasteiger partial charge in [-0.3, -0.25) is 4.79 Å². The molecule has 0 aromatic heterocycles. The standard InChI is InChI=1S/C23H28O7/c1-4-5-6-7-8-21(25)18-9-11-19(12-10-18)23(27)30-16-20(24)15-28-13-14-29-22(26)17(2)3/h4-5,7-12,20,24H,2,6,13-16H2,1,3H3/b5-4?,8-7+. The maximum atomic E-state index is 12.0. The molecule has 1 unspecified atom stereocenters. The lowest BCUT2D eigenvalue weighted by molar-refractivity contribution is -0.140. The largest absolute Gasteiger partial charge is 0.460 e. The number of ketones is 1. The number of rotatable bonds is 13. The lowest BCUT2D eigenvalue weighted by Crippen LogP contribution is -2.25. The van der Waals surface area contributed by atoms with Gasteiger partial charge in [-0.2, -0.15) is 0 Å². The lowest BCUT2D eigenvalue weighted by Gasteiger charge is -2.12. The second kappa shape index (κ2) is 14.0. The van der Waals surface area contributed by atoms with Crippen LogP contribution in [0.2, 0.25) is 0 Å². The SMILES string of the molecule is C=C(C)C(=O)OCCOCC(O)COC(=O)c1ccc(C(=O)/C=C/CC=CC)cc1. The Balaban J connectivity index is 2.33. The van der Waals surface area contributed by atoms with E-state index in [1.54, 1.807) is 18.2 Å². The zero-order chi connectivity index (χ0) is 22.4. The van der Waals surface area contributed by atoms with E-state index in [-0.39, 0.29) is 37.8 Å². The van der Waals surface area contributed by atoms with E-state index < -0.39 is 18.0 Å². The highest BCUT2D eigenvalue weighted by Crippen LogP contribution is 2.08. The summed E-state index contributed by atoms with van der Waals surface area (Å²) in [7, 11) is 0. The third kappa shape index (κ3) is 9.95. The minimum atomic E-state index is -1.02. The monoisotopic (exact) mass is 416 g/mol. The van der Waals surface area contributed by atoms with Gasteiger partial charge in [0.2, 0.25) is 0 Å². The summed E-state index contributed by atoms with van der Waals surface area (Å²) in [6.07, 6.45) is 6.75. The minimum absolute atomic E-state index is 0.0355. The molecule has 7 nitrogen and oxygen atoms in total. The van der Waals surface area contributed by atoms with Crippen molar-refractivity contribution in [2.75, 3.05) is 26.4 Å². The van der Waals surface area contributed by atoms with Crippen LogP contribution in [0.4, 0.5) is 0 Å². The van der Waals surface area contributed by atoms with Crippen LogP contribution in [0.1, 0.15) is 41.0 Å². The van der Waals surface area contributed by atoms with Gasteiger partial charge >= 0.3 is 11.9 Å². The summed E-state index contributed by atoms with van der Waals surface area (Å²) in [4.78, 5) is 35.2. The number of hydrogen-bond acceptors (Lipinski definition) is 7. The number of hydrogen-bond donors (Lipinski definition) is 1. The average Bonchev–Trinajstić information content (AvgIpc) is 2.74. The van der Waals surface area contributed by atoms with Gasteiger partial charge in [0.15, 0.2) is 5.78 Å². The summed E-state index contributed by atoms with van der Waals surface area (Å²) >= 11 is 0. The lowest BCUT2D eigenvalue weighted by atomic mass is 10.1. The highest BCUT2D eigenvalue weighted by atomic mass is 16.6. The van der Waals surface area contributed by atoms with Crippen molar-refractivity contribution < 1.29 is 33.7 Å². The van der Waals surface area contributed by atoms with Crippen LogP contribution in [0.15, 0.2) is 60.7 Å². The maximum Gasteiger partial charge on any atom is 0.338 e. The molecule has 1 rings (SSSR count). The summed E-state index contributed by atoms with van der Waals surface area (Å²) in [6, 6.07) is 6.08. The normalized spacial score (nSPS) is 12.1. The van der Waals surface area contributed by atoms with Crippen molar-refractivity contribution in [2.24, 2.45) is 0 Å². The Labute approximate surface area is 176 Å². The first-order valence-electron chi connectivity index (χ1n) is 9.52. The summed E-state index contributed by atoms with van der Waals surface area (Å²) < 4.78 is 15.0. The van der Waals surface area contributed by atoms with Gasteiger partial charge in [0.05, 0.1) is 18.8 Å². The number of carbonyl (C=O) groups excluding carboxylic acids is 3. The second-order valence-electron chi connectivity index (χ2n) is 6.39. The van der Waals surface area contributed by atoms with Gasteiger partial charge in [0.25, 0.3) is 0 Å². The highest BCUT2D eigenvalue weighted by Gasteiger charge is 2.12. The Morgan fingerprint density at radius 1 is 1.03 bits per heavy atom. The molecule has 1 atom stereocenters. The van der Waals surface area contributed by atoms with Crippen molar-refractivity contribution in [2.45, 2.75) is 26.4 Å². The first-order valence-corrected chi connectivity index (χ1v) is 9.52. The fourth-order valence-corrected chi connectivity index (χ4v) is 2.10. The van der Waals surface area contributed by atoms with Crippen LogP contribution in [-0.2, 0) is 19.0 Å². The topological polar surface area (TPSA) is 99.1 Å². The van der Waals surface area contributed by atoms with Gasteiger partial charge in [0.1, 0.15) is 19.3 Å². The molecule has 0 fully saturated rings. The van der Waals surface area contributed by atoms with E-state index in [0.29, 0.717) is 17.6 Å². The molecule has 30 heavy (non-hydrogen) atoms. The van der Waals surface area contributed by atoms with Crippen LogP contribution < -0.4 is 0 Å². The number of benzene rings is 1. The van der Waals surface area contributed by atoms with Crippen molar-refractivity contribution in [3.63, 3.8) is 0 Å². The smallest absolute Gasteiger partial charge is 0.338 e. The number of carbonyl (C=O) groups is 3. The molecule has 0 bridgehead atoms. The molecule has 1 aromatic carbocycles. The molecular formula is C23H28O7. The summed E-state index contributed by atoms with van der Waals surface area (Å²) in [6.45, 7) is 6.70. The van der Waals surface area contributed by atoms with E-state index in [0.717, 1.165) is 0 Å². The Morgan fingerprint density at radius 2 is 1.70 bits per heavy atom. The first kappa shape index (κ1) is 25.0. The van der Waals surface area contributed by atoms with Crippen LogP contribution >= 0.6 is 0 Å². The van der Waals surface area contributed by atoms with Crippen LogP contribution in [0, 0.1) is 0 Å². The first-order chi connectivity index (χ1) is 14.3. The zero-order valence-electron chi connectivity index (χ0n) is 17.3. The van der Waals surface area contributed by atoms with E-state index in [1.807, 2.05) is 19.1 Å². The molecule has 0 amide bonds.